The fourth-order valence-electron chi connectivity index (χ4n) is 4.32. The molecule has 118 valence electrons. The van der Waals surface area contributed by atoms with Crippen LogP contribution < -0.4 is 0 Å². The van der Waals surface area contributed by atoms with E-state index in [0.29, 0.717) is 18.9 Å². The van der Waals surface area contributed by atoms with Crippen LogP contribution in [0.25, 0.3) is 0 Å². The topological polar surface area (TPSA) is 60.9 Å². The van der Waals surface area contributed by atoms with Crippen molar-refractivity contribution >= 4 is 11.9 Å². The summed E-state index contributed by atoms with van der Waals surface area (Å²) in [7, 11) is 0. The molecule has 1 aliphatic carbocycles. The maximum atomic E-state index is 12.8. The van der Waals surface area contributed by atoms with Crippen LogP contribution in [0.2, 0.25) is 0 Å². The third-order valence-corrected chi connectivity index (χ3v) is 5.60. The lowest BCUT2D eigenvalue weighted by molar-refractivity contribution is -0.143. The van der Waals surface area contributed by atoms with E-state index in [1.807, 2.05) is 4.90 Å². The van der Waals surface area contributed by atoms with Gasteiger partial charge >= 0.3 is 5.97 Å². The molecule has 2 saturated heterocycles. The summed E-state index contributed by atoms with van der Waals surface area (Å²) in [5, 5.41) is 9.10. The fraction of sp³-hybridized carbons (Fsp3) is 0.875. The van der Waals surface area contributed by atoms with Gasteiger partial charge in [-0.25, -0.2) is 0 Å². The number of amides is 1. The SMILES string of the molecule is CC1CN2CCCCC2CN1C(=O)[C@@H]1CC[C@H](C(=O)O)C1. The quantitative estimate of drug-likeness (QED) is 0.840. The number of fused-ring (bicyclic) bond motifs is 1. The van der Waals surface area contributed by atoms with Crippen molar-refractivity contribution in [3.8, 4) is 0 Å². The number of carbonyl (C=O) groups is 2. The number of piperidine rings is 1. The minimum atomic E-state index is -0.740. The first-order valence-electron chi connectivity index (χ1n) is 8.33. The van der Waals surface area contributed by atoms with Crippen LogP contribution in [-0.4, -0.2) is 58.5 Å². The lowest BCUT2D eigenvalue weighted by atomic mass is 9.95. The monoisotopic (exact) mass is 294 g/mol. The van der Waals surface area contributed by atoms with Crippen molar-refractivity contribution in [3.63, 3.8) is 0 Å². The summed E-state index contributed by atoms with van der Waals surface area (Å²) in [5.41, 5.74) is 0. The second-order valence-corrected chi connectivity index (χ2v) is 7.03. The lowest BCUT2D eigenvalue weighted by Gasteiger charge is -2.48. The van der Waals surface area contributed by atoms with Gasteiger partial charge in [0.15, 0.2) is 0 Å². The highest BCUT2D eigenvalue weighted by atomic mass is 16.4. The van der Waals surface area contributed by atoms with E-state index in [1.165, 1.54) is 25.8 Å². The molecule has 1 N–H and O–H groups in total. The van der Waals surface area contributed by atoms with E-state index in [1.54, 1.807) is 0 Å². The smallest absolute Gasteiger partial charge is 0.306 e. The molecule has 1 saturated carbocycles. The van der Waals surface area contributed by atoms with Crippen LogP contribution in [0.4, 0.5) is 0 Å². The summed E-state index contributed by atoms with van der Waals surface area (Å²) in [6.45, 7) is 5.12. The molecule has 0 aromatic carbocycles. The van der Waals surface area contributed by atoms with E-state index in [0.717, 1.165) is 19.5 Å². The van der Waals surface area contributed by atoms with Crippen molar-refractivity contribution in [1.29, 1.82) is 0 Å². The zero-order chi connectivity index (χ0) is 15.0. The Balaban J connectivity index is 1.63. The van der Waals surface area contributed by atoms with Gasteiger partial charge in [0.2, 0.25) is 5.91 Å². The van der Waals surface area contributed by atoms with Crippen molar-refractivity contribution in [2.75, 3.05) is 19.6 Å². The van der Waals surface area contributed by atoms with Gasteiger partial charge in [0.1, 0.15) is 0 Å². The molecule has 2 unspecified atom stereocenters. The van der Waals surface area contributed by atoms with Gasteiger partial charge < -0.3 is 10.0 Å². The van der Waals surface area contributed by atoms with Gasteiger partial charge in [0, 0.05) is 31.1 Å². The Bertz CT molecular complexity index is 426. The molecule has 0 aromatic heterocycles. The largest absolute Gasteiger partial charge is 0.481 e. The molecule has 2 aliphatic heterocycles. The molecule has 3 rings (SSSR count). The highest BCUT2D eigenvalue weighted by Gasteiger charge is 2.40. The van der Waals surface area contributed by atoms with Crippen LogP contribution in [0.3, 0.4) is 0 Å². The highest BCUT2D eigenvalue weighted by molar-refractivity contribution is 5.81. The van der Waals surface area contributed by atoms with Gasteiger partial charge in [-0.1, -0.05) is 6.42 Å². The van der Waals surface area contributed by atoms with Crippen LogP contribution in [0.5, 0.6) is 0 Å². The number of carbonyl (C=O) groups excluding carboxylic acids is 1. The number of piperazine rings is 1. The molecule has 0 spiro atoms. The molecule has 4 atom stereocenters. The van der Waals surface area contributed by atoms with E-state index >= 15 is 0 Å². The second kappa shape index (κ2) is 5.95. The molecule has 5 heteroatoms. The number of hydrogen-bond acceptors (Lipinski definition) is 3. The van der Waals surface area contributed by atoms with Crippen molar-refractivity contribution in [2.45, 2.75) is 57.5 Å². The molecule has 1 amide bonds. The first-order chi connectivity index (χ1) is 10.1. The van der Waals surface area contributed by atoms with Crippen LogP contribution >= 0.6 is 0 Å². The summed E-state index contributed by atoms with van der Waals surface area (Å²) in [5.74, 6) is -0.916. The van der Waals surface area contributed by atoms with E-state index < -0.39 is 5.97 Å². The van der Waals surface area contributed by atoms with Crippen LogP contribution in [0.15, 0.2) is 0 Å². The average molecular weight is 294 g/mol. The fourth-order valence-corrected chi connectivity index (χ4v) is 4.32. The third-order valence-electron chi connectivity index (χ3n) is 5.60. The van der Waals surface area contributed by atoms with Crippen molar-refractivity contribution < 1.29 is 14.7 Å². The molecule has 5 nitrogen and oxygen atoms in total. The maximum absolute atomic E-state index is 12.8. The zero-order valence-corrected chi connectivity index (χ0v) is 12.8. The van der Waals surface area contributed by atoms with Gasteiger partial charge in [-0.3, -0.25) is 14.5 Å². The lowest BCUT2D eigenvalue weighted by Crippen LogP contribution is -2.60. The first-order valence-corrected chi connectivity index (χ1v) is 8.33. The minimum absolute atomic E-state index is 0.0660. The van der Waals surface area contributed by atoms with Gasteiger partial charge in [0.25, 0.3) is 0 Å². The Kier molecular flexibility index (Phi) is 4.20. The van der Waals surface area contributed by atoms with Crippen LogP contribution in [0, 0.1) is 11.8 Å². The third kappa shape index (κ3) is 2.93. The molecule has 21 heavy (non-hydrogen) atoms. The first kappa shape index (κ1) is 14.8. The predicted molar refractivity (Wildman–Crippen MR) is 78.9 cm³/mol. The molecule has 0 aromatic rings. The zero-order valence-electron chi connectivity index (χ0n) is 12.8. The Hall–Kier alpha value is -1.10. The van der Waals surface area contributed by atoms with E-state index in [9.17, 15) is 9.59 Å². The highest BCUT2D eigenvalue weighted by Crippen LogP contribution is 2.34. The number of nitrogens with zero attached hydrogens (tertiary/aromatic N) is 2. The van der Waals surface area contributed by atoms with Crippen molar-refractivity contribution in [1.82, 2.24) is 9.80 Å². The minimum Gasteiger partial charge on any atom is -0.481 e. The summed E-state index contributed by atoms with van der Waals surface area (Å²) >= 11 is 0. The normalized spacial score (nSPS) is 37.3. The standard InChI is InChI=1S/C16H26N2O3/c1-11-9-17-7-3-2-4-14(17)10-18(11)15(19)12-5-6-13(8-12)16(20)21/h11-14H,2-10H2,1H3,(H,20,21)/t11?,12-,13+,14?/m1/s1. The number of aliphatic carboxylic acids is 1. The molecule has 3 fully saturated rings. The Morgan fingerprint density at radius 1 is 1.05 bits per heavy atom. The molecular formula is C16H26N2O3. The molecule has 0 bridgehead atoms. The molecule has 2 heterocycles. The van der Waals surface area contributed by atoms with Gasteiger partial charge in [-0.2, -0.15) is 0 Å². The molecule has 3 aliphatic rings. The van der Waals surface area contributed by atoms with Crippen LogP contribution in [0.1, 0.15) is 45.4 Å². The van der Waals surface area contributed by atoms with E-state index in [4.69, 9.17) is 5.11 Å². The van der Waals surface area contributed by atoms with Gasteiger partial charge in [-0.15, -0.1) is 0 Å². The average Bonchev–Trinajstić information content (AvgIpc) is 2.96. The number of carboxylic acids is 1. The second-order valence-electron chi connectivity index (χ2n) is 7.03. The molecule has 0 radical (unpaired) electrons. The predicted octanol–water partition coefficient (Wildman–Crippen LogP) is 1.57. The summed E-state index contributed by atoms with van der Waals surface area (Å²) in [6.07, 6.45) is 5.67. The summed E-state index contributed by atoms with van der Waals surface area (Å²) < 4.78 is 0. The number of carboxylic acid groups (broad SMARTS) is 1. The Morgan fingerprint density at radius 2 is 1.81 bits per heavy atom. The molecular weight excluding hydrogens is 268 g/mol. The summed E-state index contributed by atoms with van der Waals surface area (Å²) in [6, 6.07) is 0.784. The Labute approximate surface area is 126 Å². The van der Waals surface area contributed by atoms with Crippen molar-refractivity contribution in [2.24, 2.45) is 11.8 Å². The van der Waals surface area contributed by atoms with Crippen LogP contribution in [-0.2, 0) is 9.59 Å². The summed E-state index contributed by atoms with van der Waals surface area (Å²) in [4.78, 5) is 28.4. The number of rotatable bonds is 2. The van der Waals surface area contributed by atoms with Gasteiger partial charge in [0.05, 0.1) is 5.92 Å². The van der Waals surface area contributed by atoms with E-state index in [2.05, 4.69) is 11.8 Å². The maximum Gasteiger partial charge on any atom is 0.306 e. The van der Waals surface area contributed by atoms with Gasteiger partial charge in [-0.05, 0) is 45.6 Å². The Morgan fingerprint density at radius 3 is 2.52 bits per heavy atom. The van der Waals surface area contributed by atoms with Crippen molar-refractivity contribution in [3.05, 3.63) is 0 Å². The van der Waals surface area contributed by atoms with E-state index in [-0.39, 0.29) is 23.8 Å². The number of hydrogen-bond donors (Lipinski definition) is 1.